The molecule has 0 aliphatic heterocycles. The minimum atomic E-state index is -0.177. The number of hydrogen-bond donors (Lipinski definition) is 3. The summed E-state index contributed by atoms with van der Waals surface area (Å²) in [7, 11) is 0. The summed E-state index contributed by atoms with van der Waals surface area (Å²) >= 11 is 0. The Labute approximate surface area is 163 Å². The number of carbonyl (C=O) groups is 1. The van der Waals surface area contributed by atoms with Gasteiger partial charge < -0.3 is 20.7 Å². The van der Waals surface area contributed by atoms with Gasteiger partial charge in [-0.05, 0) is 43.3 Å². The second-order valence-electron chi connectivity index (χ2n) is 6.02. The van der Waals surface area contributed by atoms with Crippen LogP contribution in [0, 0.1) is 6.92 Å². The Hall–Kier alpha value is -3.68. The maximum atomic E-state index is 11.8. The Bertz CT molecular complexity index is 869. The van der Waals surface area contributed by atoms with Gasteiger partial charge in [-0.3, -0.25) is 4.79 Å². The van der Waals surface area contributed by atoms with Crippen molar-refractivity contribution in [2.45, 2.75) is 6.92 Å². The number of hydrogen-bond acceptors (Lipinski definition) is 7. The van der Waals surface area contributed by atoms with E-state index in [1.165, 1.54) is 0 Å². The van der Waals surface area contributed by atoms with Gasteiger partial charge in [-0.2, -0.15) is 0 Å². The molecule has 0 fully saturated rings. The smallest absolute Gasteiger partial charge is 0.258 e. The number of aromatic nitrogens is 3. The number of anilines is 3. The van der Waals surface area contributed by atoms with E-state index >= 15 is 0 Å². The summed E-state index contributed by atoms with van der Waals surface area (Å²) < 4.78 is 5.43. The van der Waals surface area contributed by atoms with Gasteiger partial charge in [0.05, 0.1) is 0 Å². The van der Waals surface area contributed by atoms with E-state index in [-0.39, 0.29) is 12.5 Å². The number of benzene rings is 1. The molecule has 0 saturated carbocycles. The minimum absolute atomic E-state index is 0.0171. The Morgan fingerprint density at radius 3 is 2.43 bits per heavy atom. The molecular formula is C20H22N6O2. The first kappa shape index (κ1) is 19.1. The Morgan fingerprint density at radius 2 is 1.71 bits per heavy atom. The van der Waals surface area contributed by atoms with Crippen LogP contribution in [0.3, 0.4) is 0 Å². The first-order valence-corrected chi connectivity index (χ1v) is 8.91. The lowest BCUT2D eigenvalue weighted by molar-refractivity contribution is -0.123. The fourth-order valence-electron chi connectivity index (χ4n) is 2.29. The van der Waals surface area contributed by atoms with Crippen molar-refractivity contribution in [3.05, 3.63) is 66.4 Å². The second-order valence-corrected chi connectivity index (χ2v) is 6.02. The molecule has 1 amide bonds. The van der Waals surface area contributed by atoms with Crippen LogP contribution in [-0.4, -0.2) is 40.8 Å². The van der Waals surface area contributed by atoms with Crippen LogP contribution >= 0.6 is 0 Å². The number of pyridine rings is 1. The summed E-state index contributed by atoms with van der Waals surface area (Å²) in [6, 6.07) is 16.8. The quantitative estimate of drug-likeness (QED) is 0.492. The van der Waals surface area contributed by atoms with E-state index in [9.17, 15) is 4.79 Å². The fourth-order valence-corrected chi connectivity index (χ4v) is 2.29. The molecule has 28 heavy (non-hydrogen) atoms. The Balaban J connectivity index is 1.33. The molecule has 0 saturated heterocycles. The summed E-state index contributed by atoms with van der Waals surface area (Å²) in [5.74, 6) is 2.42. The highest BCUT2D eigenvalue weighted by atomic mass is 16.5. The summed E-state index contributed by atoms with van der Waals surface area (Å²) in [6.07, 6.45) is 1.70. The van der Waals surface area contributed by atoms with Crippen molar-refractivity contribution >= 4 is 23.4 Å². The zero-order chi connectivity index (χ0) is 19.6. The predicted molar refractivity (Wildman–Crippen MR) is 108 cm³/mol. The van der Waals surface area contributed by atoms with Crippen LogP contribution in [0.15, 0.2) is 60.8 Å². The fraction of sp³-hybridized carbons (Fsp3) is 0.200. The van der Waals surface area contributed by atoms with Gasteiger partial charge in [0.1, 0.15) is 17.4 Å². The van der Waals surface area contributed by atoms with E-state index < -0.39 is 0 Å². The molecular weight excluding hydrogens is 356 g/mol. The lowest BCUT2D eigenvalue weighted by atomic mass is 10.2. The lowest BCUT2D eigenvalue weighted by Gasteiger charge is -2.09. The van der Waals surface area contributed by atoms with Crippen molar-refractivity contribution in [3.8, 4) is 5.75 Å². The molecule has 8 heteroatoms. The first-order valence-electron chi connectivity index (χ1n) is 8.91. The highest BCUT2D eigenvalue weighted by Gasteiger charge is 2.03. The normalized spacial score (nSPS) is 10.2. The number of aryl methyl sites for hydroxylation is 1. The minimum Gasteiger partial charge on any atom is -0.484 e. The van der Waals surface area contributed by atoms with Gasteiger partial charge in [-0.25, -0.2) is 4.98 Å². The van der Waals surface area contributed by atoms with Crippen LogP contribution in [-0.2, 0) is 4.79 Å². The molecule has 0 radical (unpaired) electrons. The van der Waals surface area contributed by atoms with Crippen molar-refractivity contribution in [1.29, 1.82) is 0 Å². The number of nitrogens with zero attached hydrogens (tertiary/aromatic N) is 3. The molecule has 2 aromatic heterocycles. The van der Waals surface area contributed by atoms with Crippen LogP contribution in [0.2, 0.25) is 0 Å². The highest BCUT2D eigenvalue weighted by molar-refractivity contribution is 5.77. The summed E-state index contributed by atoms with van der Waals surface area (Å²) in [5.41, 5.74) is 1.14. The molecule has 2 heterocycles. The van der Waals surface area contributed by atoms with Gasteiger partial charge in [0, 0.05) is 19.3 Å². The molecule has 1 aromatic carbocycles. The van der Waals surface area contributed by atoms with Gasteiger partial charge in [0.25, 0.3) is 5.91 Å². The average molecular weight is 378 g/mol. The third kappa shape index (κ3) is 6.24. The number of nitrogens with one attached hydrogen (secondary N) is 3. The number of amides is 1. The van der Waals surface area contributed by atoms with E-state index in [1.807, 2.05) is 49.4 Å². The molecule has 0 bridgehead atoms. The number of ether oxygens (including phenoxy) is 1. The molecule has 3 N–H and O–H groups in total. The van der Waals surface area contributed by atoms with Crippen molar-refractivity contribution in [1.82, 2.24) is 20.5 Å². The molecule has 8 nitrogen and oxygen atoms in total. The zero-order valence-corrected chi connectivity index (χ0v) is 15.6. The van der Waals surface area contributed by atoms with E-state index in [0.717, 1.165) is 5.56 Å². The standard InChI is InChI=1S/C20H22N6O2/c1-15-5-7-16(8-6-15)28-14-20(27)23-13-12-22-18-9-10-19(26-25-18)24-17-4-2-3-11-21-17/h2-11H,12-14H2,1H3,(H,22,25)(H,23,27)(H,21,24,26). The number of rotatable bonds is 9. The zero-order valence-electron chi connectivity index (χ0n) is 15.6. The monoisotopic (exact) mass is 378 g/mol. The van der Waals surface area contributed by atoms with Gasteiger partial charge in [-0.15, -0.1) is 10.2 Å². The van der Waals surface area contributed by atoms with Crippen LogP contribution in [0.1, 0.15) is 5.56 Å². The van der Waals surface area contributed by atoms with E-state index in [4.69, 9.17) is 4.74 Å². The van der Waals surface area contributed by atoms with Gasteiger partial charge in [0.15, 0.2) is 12.4 Å². The molecule has 3 aromatic rings. The first-order chi connectivity index (χ1) is 13.7. The summed E-state index contributed by atoms with van der Waals surface area (Å²) in [6.45, 7) is 2.96. The third-order valence-corrected chi connectivity index (χ3v) is 3.73. The second kappa shape index (κ2) is 9.86. The van der Waals surface area contributed by atoms with Gasteiger partial charge in [-0.1, -0.05) is 23.8 Å². The lowest BCUT2D eigenvalue weighted by Crippen LogP contribution is -2.32. The van der Waals surface area contributed by atoms with E-state index in [1.54, 1.807) is 18.3 Å². The van der Waals surface area contributed by atoms with Crippen molar-refractivity contribution in [3.63, 3.8) is 0 Å². The van der Waals surface area contributed by atoms with E-state index in [0.29, 0.717) is 36.3 Å². The SMILES string of the molecule is Cc1ccc(OCC(=O)NCCNc2ccc(Nc3ccccn3)nn2)cc1. The maximum Gasteiger partial charge on any atom is 0.258 e. The van der Waals surface area contributed by atoms with Crippen LogP contribution < -0.4 is 20.7 Å². The molecule has 144 valence electrons. The molecule has 0 aliphatic rings. The van der Waals surface area contributed by atoms with Crippen molar-refractivity contribution < 1.29 is 9.53 Å². The topological polar surface area (TPSA) is 101 Å². The number of carbonyl (C=O) groups excluding carboxylic acids is 1. The average Bonchev–Trinajstić information content (AvgIpc) is 2.73. The van der Waals surface area contributed by atoms with Crippen molar-refractivity contribution in [2.75, 3.05) is 30.3 Å². The molecule has 0 unspecified atom stereocenters. The van der Waals surface area contributed by atoms with Crippen LogP contribution in [0.4, 0.5) is 17.5 Å². The Kier molecular flexibility index (Phi) is 6.73. The van der Waals surface area contributed by atoms with Crippen molar-refractivity contribution in [2.24, 2.45) is 0 Å². The van der Waals surface area contributed by atoms with E-state index in [2.05, 4.69) is 31.1 Å². The van der Waals surface area contributed by atoms with Crippen LogP contribution in [0.25, 0.3) is 0 Å². The molecule has 0 aliphatic carbocycles. The van der Waals surface area contributed by atoms with Gasteiger partial charge in [0.2, 0.25) is 0 Å². The van der Waals surface area contributed by atoms with Gasteiger partial charge >= 0.3 is 0 Å². The molecule has 3 rings (SSSR count). The third-order valence-electron chi connectivity index (χ3n) is 3.73. The summed E-state index contributed by atoms with van der Waals surface area (Å²) in [5, 5.41) is 17.1. The summed E-state index contributed by atoms with van der Waals surface area (Å²) in [4.78, 5) is 16.0. The predicted octanol–water partition coefficient (Wildman–Crippen LogP) is 2.53. The molecule has 0 spiro atoms. The molecule has 0 atom stereocenters. The Morgan fingerprint density at radius 1 is 0.929 bits per heavy atom. The van der Waals surface area contributed by atoms with Crippen LogP contribution in [0.5, 0.6) is 5.75 Å². The largest absolute Gasteiger partial charge is 0.484 e. The highest BCUT2D eigenvalue weighted by Crippen LogP contribution is 2.12. The maximum absolute atomic E-state index is 11.8.